The Morgan fingerprint density at radius 2 is 1.71 bits per heavy atom. The van der Waals surface area contributed by atoms with Crippen LogP contribution in [0.25, 0.3) is 5.69 Å². The van der Waals surface area contributed by atoms with E-state index in [9.17, 15) is 4.79 Å². The predicted octanol–water partition coefficient (Wildman–Crippen LogP) is 3.45. The molecule has 0 radical (unpaired) electrons. The SMILES string of the molecule is COc1cc(CCC(=O)N(C)C(C)c2ccc(-n3cncn3)cc2)cc(OC)c1OC. The largest absolute Gasteiger partial charge is 0.493 e. The molecule has 1 atom stereocenters. The standard InChI is InChI=1S/C23H28N4O4/c1-16(18-7-9-19(10-8-18)27-15-24-14-25-27)26(2)22(28)11-6-17-12-20(29-3)23(31-5)21(13-17)30-4/h7-10,12-16H,6,11H2,1-5H3. The highest BCUT2D eigenvalue weighted by Crippen LogP contribution is 2.38. The van der Waals surface area contributed by atoms with Crippen LogP contribution in [0.2, 0.25) is 0 Å². The maximum atomic E-state index is 12.8. The summed E-state index contributed by atoms with van der Waals surface area (Å²) in [6.07, 6.45) is 4.09. The second-order valence-corrected chi connectivity index (χ2v) is 7.15. The lowest BCUT2D eigenvalue weighted by molar-refractivity contribution is -0.131. The van der Waals surface area contributed by atoms with Crippen LogP contribution in [0, 0.1) is 0 Å². The second-order valence-electron chi connectivity index (χ2n) is 7.15. The first-order valence-corrected chi connectivity index (χ1v) is 9.98. The Bertz CT molecular complexity index is 978. The molecule has 8 heteroatoms. The summed E-state index contributed by atoms with van der Waals surface area (Å²) in [5, 5.41) is 4.13. The molecule has 0 spiro atoms. The van der Waals surface area contributed by atoms with E-state index in [1.807, 2.05) is 50.4 Å². The first-order chi connectivity index (χ1) is 15.0. The lowest BCUT2D eigenvalue weighted by Gasteiger charge is -2.26. The van der Waals surface area contributed by atoms with Crippen LogP contribution in [-0.4, -0.2) is 53.9 Å². The van der Waals surface area contributed by atoms with Crippen LogP contribution in [0.1, 0.15) is 30.5 Å². The maximum absolute atomic E-state index is 12.8. The van der Waals surface area contributed by atoms with Crippen molar-refractivity contribution in [3.05, 3.63) is 60.2 Å². The lowest BCUT2D eigenvalue weighted by atomic mass is 10.0. The molecule has 1 heterocycles. The van der Waals surface area contributed by atoms with Gasteiger partial charge in [-0.25, -0.2) is 9.67 Å². The molecule has 164 valence electrons. The Morgan fingerprint density at radius 3 is 2.23 bits per heavy atom. The maximum Gasteiger partial charge on any atom is 0.223 e. The second kappa shape index (κ2) is 9.97. The molecule has 31 heavy (non-hydrogen) atoms. The van der Waals surface area contributed by atoms with Crippen LogP contribution in [0.5, 0.6) is 17.2 Å². The number of methoxy groups -OCH3 is 3. The van der Waals surface area contributed by atoms with E-state index in [1.54, 1.807) is 37.2 Å². The highest BCUT2D eigenvalue weighted by Gasteiger charge is 2.19. The minimum atomic E-state index is -0.0581. The molecular weight excluding hydrogens is 396 g/mol. The van der Waals surface area contributed by atoms with Crippen molar-refractivity contribution < 1.29 is 19.0 Å². The molecule has 0 aliphatic heterocycles. The summed E-state index contributed by atoms with van der Waals surface area (Å²) in [5.74, 6) is 1.76. The van der Waals surface area contributed by atoms with Crippen molar-refractivity contribution in [3.8, 4) is 22.9 Å². The van der Waals surface area contributed by atoms with Gasteiger partial charge in [-0.05, 0) is 48.7 Å². The van der Waals surface area contributed by atoms with Gasteiger partial charge < -0.3 is 19.1 Å². The summed E-state index contributed by atoms with van der Waals surface area (Å²) in [7, 11) is 6.55. The summed E-state index contributed by atoms with van der Waals surface area (Å²) < 4.78 is 17.8. The van der Waals surface area contributed by atoms with Crippen LogP contribution in [0.15, 0.2) is 49.1 Å². The van der Waals surface area contributed by atoms with Gasteiger partial charge in [0.05, 0.1) is 33.1 Å². The first kappa shape index (κ1) is 22.1. The normalized spacial score (nSPS) is 11.6. The molecule has 1 amide bonds. The molecule has 3 aromatic rings. The van der Waals surface area contributed by atoms with Gasteiger partial charge in [0, 0.05) is 13.5 Å². The van der Waals surface area contributed by atoms with E-state index in [4.69, 9.17) is 14.2 Å². The van der Waals surface area contributed by atoms with Crippen molar-refractivity contribution in [1.82, 2.24) is 19.7 Å². The Labute approximate surface area is 182 Å². The van der Waals surface area contributed by atoms with Gasteiger partial charge in [0.15, 0.2) is 11.5 Å². The molecule has 2 aromatic carbocycles. The van der Waals surface area contributed by atoms with E-state index in [-0.39, 0.29) is 11.9 Å². The quantitative estimate of drug-likeness (QED) is 0.524. The van der Waals surface area contributed by atoms with Gasteiger partial charge in [0.2, 0.25) is 11.7 Å². The van der Waals surface area contributed by atoms with Crippen molar-refractivity contribution in [2.75, 3.05) is 28.4 Å². The monoisotopic (exact) mass is 424 g/mol. The Hall–Kier alpha value is -3.55. The third-order valence-corrected chi connectivity index (χ3v) is 5.39. The Kier molecular flexibility index (Phi) is 7.12. The van der Waals surface area contributed by atoms with Gasteiger partial charge >= 0.3 is 0 Å². The molecule has 0 aliphatic rings. The zero-order chi connectivity index (χ0) is 22.4. The highest BCUT2D eigenvalue weighted by molar-refractivity contribution is 5.76. The molecule has 0 saturated heterocycles. The Morgan fingerprint density at radius 1 is 1.06 bits per heavy atom. The number of carbonyl (C=O) groups excluding carboxylic acids is 1. The molecule has 0 aliphatic carbocycles. The number of aromatic nitrogens is 3. The number of ether oxygens (including phenoxy) is 3. The third-order valence-electron chi connectivity index (χ3n) is 5.39. The van der Waals surface area contributed by atoms with Crippen LogP contribution in [-0.2, 0) is 11.2 Å². The molecule has 0 saturated carbocycles. The minimum Gasteiger partial charge on any atom is -0.493 e. The first-order valence-electron chi connectivity index (χ1n) is 9.98. The van der Waals surface area contributed by atoms with E-state index in [0.29, 0.717) is 30.1 Å². The van der Waals surface area contributed by atoms with E-state index in [2.05, 4.69) is 10.1 Å². The number of rotatable bonds is 9. The smallest absolute Gasteiger partial charge is 0.223 e. The van der Waals surface area contributed by atoms with E-state index >= 15 is 0 Å². The van der Waals surface area contributed by atoms with Gasteiger partial charge in [0.1, 0.15) is 12.7 Å². The van der Waals surface area contributed by atoms with Gasteiger partial charge in [0.25, 0.3) is 0 Å². The molecule has 3 rings (SSSR count). The van der Waals surface area contributed by atoms with Gasteiger partial charge in [-0.2, -0.15) is 5.10 Å². The van der Waals surface area contributed by atoms with Gasteiger partial charge in [-0.15, -0.1) is 0 Å². The molecule has 1 unspecified atom stereocenters. The molecule has 1 aromatic heterocycles. The summed E-state index contributed by atoms with van der Waals surface area (Å²) in [6.45, 7) is 2.02. The average molecular weight is 425 g/mol. The van der Waals surface area contributed by atoms with Crippen molar-refractivity contribution in [2.45, 2.75) is 25.8 Å². The third kappa shape index (κ3) is 4.96. The van der Waals surface area contributed by atoms with Gasteiger partial charge in [-0.1, -0.05) is 12.1 Å². The number of amides is 1. The highest BCUT2D eigenvalue weighted by atomic mass is 16.5. The zero-order valence-electron chi connectivity index (χ0n) is 18.5. The number of carbonyl (C=O) groups is 1. The predicted molar refractivity (Wildman–Crippen MR) is 117 cm³/mol. The van der Waals surface area contributed by atoms with Crippen LogP contribution in [0.4, 0.5) is 0 Å². The average Bonchev–Trinajstić information content (AvgIpc) is 3.35. The van der Waals surface area contributed by atoms with Crippen LogP contribution >= 0.6 is 0 Å². The number of hydrogen-bond donors (Lipinski definition) is 0. The van der Waals surface area contributed by atoms with Crippen molar-refractivity contribution >= 4 is 5.91 Å². The lowest BCUT2D eigenvalue weighted by Crippen LogP contribution is -2.29. The summed E-state index contributed by atoms with van der Waals surface area (Å²) in [4.78, 5) is 18.6. The topological polar surface area (TPSA) is 78.7 Å². The number of benzene rings is 2. The Balaban J connectivity index is 1.65. The van der Waals surface area contributed by atoms with E-state index < -0.39 is 0 Å². The van der Waals surface area contributed by atoms with Crippen molar-refractivity contribution in [1.29, 1.82) is 0 Å². The van der Waals surface area contributed by atoms with E-state index in [0.717, 1.165) is 16.8 Å². The number of aryl methyl sites for hydroxylation is 1. The van der Waals surface area contributed by atoms with Crippen molar-refractivity contribution in [3.63, 3.8) is 0 Å². The molecule has 0 bridgehead atoms. The number of hydrogen-bond acceptors (Lipinski definition) is 6. The van der Waals surface area contributed by atoms with Gasteiger partial charge in [-0.3, -0.25) is 4.79 Å². The fourth-order valence-corrected chi connectivity index (χ4v) is 3.39. The van der Waals surface area contributed by atoms with Crippen LogP contribution in [0.3, 0.4) is 0 Å². The molecule has 0 fully saturated rings. The van der Waals surface area contributed by atoms with E-state index in [1.165, 1.54) is 6.33 Å². The zero-order valence-corrected chi connectivity index (χ0v) is 18.5. The summed E-state index contributed by atoms with van der Waals surface area (Å²) in [6, 6.07) is 11.6. The molecule has 0 N–H and O–H groups in total. The molecular formula is C23H28N4O4. The fraction of sp³-hybridized carbons (Fsp3) is 0.348. The summed E-state index contributed by atoms with van der Waals surface area (Å²) in [5.41, 5.74) is 2.92. The van der Waals surface area contributed by atoms with Crippen molar-refractivity contribution in [2.24, 2.45) is 0 Å². The minimum absolute atomic E-state index is 0.0570. The van der Waals surface area contributed by atoms with Crippen LogP contribution < -0.4 is 14.2 Å². The summed E-state index contributed by atoms with van der Waals surface area (Å²) >= 11 is 0. The number of nitrogens with zero attached hydrogens (tertiary/aromatic N) is 4. The molecule has 8 nitrogen and oxygen atoms in total. The fourth-order valence-electron chi connectivity index (χ4n) is 3.39.